The van der Waals surface area contributed by atoms with Crippen molar-refractivity contribution in [3.8, 4) is 0 Å². The molecule has 83 valence electrons. The third-order valence-corrected chi connectivity index (χ3v) is 2.64. The molecule has 1 heterocycles. The molecule has 1 rings (SSSR count). The molecule has 0 atom stereocenters. The van der Waals surface area contributed by atoms with Gasteiger partial charge in [-0.3, -0.25) is 4.98 Å². The van der Waals surface area contributed by atoms with E-state index in [1.54, 1.807) is 0 Å². The molecule has 0 unspecified atom stereocenters. The van der Waals surface area contributed by atoms with Gasteiger partial charge in [0.1, 0.15) is 0 Å². The summed E-state index contributed by atoms with van der Waals surface area (Å²) >= 11 is 0. The summed E-state index contributed by atoms with van der Waals surface area (Å²) in [6, 6.07) is 4.13. The molecular weight excluding hydrogens is 182 g/mol. The van der Waals surface area contributed by atoms with Gasteiger partial charge < -0.3 is 0 Å². The third-order valence-electron chi connectivity index (χ3n) is 2.64. The predicted molar refractivity (Wildman–Crippen MR) is 65.6 cm³/mol. The molecule has 0 saturated carbocycles. The number of pyridine rings is 1. The predicted octanol–water partition coefficient (Wildman–Crippen LogP) is 4.38. The molecule has 0 N–H and O–H groups in total. The smallest absolute Gasteiger partial charge is 0.0270 e. The monoisotopic (exact) mass is 204 g/mol. The number of aromatic nitrogens is 1. The molecule has 1 nitrogen and oxygen atoms in total. The number of hydrogen-bond acceptors (Lipinski definition) is 1. The standard InChI is InChI=1S/C14H22N/c1-2-3-4-5-6-7-8-9-14-10-12-15-13-11-14/h9-13H,2-8H2,1H3. The Hall–Kier alpha value is -0.850. The summed E-state index contributed by atoms with van der Waals surface area (Å²) in [5.74, 6) is 0. The van der Waals surface area contributed by atoms with Crippen molar-refractivity contribution >= 4 is 0 Å². The molecular formula is C14H22N. The first-order valence-corrected chi connectivity index (χ1v) is 6.16. The largest absolute Gasteiger partial charge is 0.265 e. The first kappa shape index (κ1) is 12.2. The average Bonchev–Trinajstić information content (AvgIpc) is 2.29. The molecule has 1 heteroatoms. The Morgan fingerprint density at radius 1 is 1.00 bits per heavy atom. The fourth-order valence-corrected chi connectivity index (χ4v) is 1.69. The zero-order valence-electron chi connectivity index (χ0n) is 9.78. The van der Waals surface area contributed by atoms with Crippen molar-refractivity contribution in [2.45, 2.75) is 51.9 Å². The minimum Gasteiger partial charge on any atom is -0.265 e. The van der Waals surface area contributed by atoms with Crippen molar-refractivity contribution in [1.29, 1.82) is 0 Å². The van der Waals surface area contributed by atoms with E-state index in [2.05, 4.69) is 30.5 Å². The van der Waals surface area contributed by atoms with E-state index < -0.39 is 0 Å². The number of unbranched alkanes of at least 4 members (excludes halogenated alkanes) is 6. The molecule has 1 radical (unpaired) electrons. The zero-order chi connectivity index (χ0) is 10.8. The summed E-state index contributed by atoms with van der Waals surface area (Å²) in [5, 5.41) is 0. The van der Waals surface area contributed by atoms with Crippen molar-refractivity contribution < 1.29 is 0 Å². The van der Waals surface area contributed by atoms with Gasteiger partial charge in [0, 0.05) is 12.4 Å². The van der Waals surface area contributed by atoms with Crippen LogP contribution in [0, 0.1) is 6.42 Å². The highest BCUT2D eigenvalue weighted by molar-refractivity contribution is 5.18. The fraction of sp³-hybridized carbons (Fsp3) is 0.571. The van der Waals surface area contributed by atoms with Crippen LogP contribution in [0.4, 0.5) is 0 Å². The molecule has 0 fully saturated rings. The quantitative estimate of drug-likeness (QED) is 0.572. The maximum Gasteiger partial charge on any atom is 0.0270 e. The summed E-state index contributed by atoms with van der Waals surface area (Å²) in [5.41, 5.74) is 1.30. The van der Waals surface area contributed by atoms with Gasteiger partial charge in [-0.2, -0.15) is 0 Å². The van der Waals surface area contributed by atoms with E-state index in [-0.39, 0.29) is 0 Å². The number of nitrogens with zero attached hydrogens (tertiary/aromatic N) is 1. The lowest BCUT2D eigenvalue weighted by molar-refractivity contribution is 0.607. The topological polar surface area (TPSA) is 12.9 Å². The van der Waals surface area contributed by atoms with E-state index in [1.165, 1.54) is 50.5 Å². The van der Waals surface area contributed by atoms with Crippen molar-refractivity contribution in [3.63, 3.8) is 0 Å². The highest BCUT2D eigenvalue weighted by Crippen LogP contribution is 2.11. The van der Waals surface area contributed by atoms with Crippen LogP contribution < -0.4 is 0 Å². The second-order valence-corrected chi connectivity index (χ2v) is 4.04. The molecule has 15 heavy (non-hydrogen) atoms. The van der Waals surface area contributed by atoms with E-state index in [0.29, 0.717) is 0 Å². The van der Waals surface area contributed by atoms with Crippen molar-refractivity contribution in [2.24, 2.45) is 0 Å². The first-order chi connectivity index (χ1) is 7.43. The Morgan fingerprint density at radius 3 is 2.40 bits per heavy atom. The van der Waals surface area contributed by atoms with Crippen LogP contribution in [0.5, 0.6) is 0 Å². The number of hydrogen-bond donors (Lipinski definition) is 0. The van der Waals surface area contributed by atoms with Crippen LogP contribution in [0.2, 0.25) is 0 Å². The molecule has 0 aliphatic carbocycles. The van der Waals surface area contributed by atoms with Gasteiger partial charge in [0.25, 0.3) is 0 Å². The van der Waals surface area contributed by atoms with Crippen LogP contribution >= 0.6 is 0 Å². The molecule has 1 aromatic heterocycles. The fourth-order valence-electron chi connectivity index (χ4n) is 1.69. The molecule has 0 aliphatic heterocycles. The molecule has 0 spiro atoms. The van der Waals surface area contributed by atoms with Crippen molar-refractivity contribution in [3.05, 3.63) is 36.5 Å². The van der Waals surface area contributed by atoms with Crippen LogP contribution in [0.15, 0.2) is 24.5 Å². The first-order valence-electron chi connectivity index (χ1n) is 6.16. The molecule has 0 aromatic carbocycles. The molecule has 0 amide bonds. The third kappa shape index (κ3) is 6.27. The van der Waals surface area contributed by atoms with Crippen LogP contribution in [-0.4, -0.2) is 4.98 Å². The van der Waals surface area contributed by atoms with Gasteiger partial charge in [-0.1, -0.05) is 45.4 Å². The van der Waals surface area contributed by atoms with E-state index in [9.17, 15) is 0 Å². The molecule has 0 saturated heterocycles. The highest BCUT2D eigenvalue weighted by atomic mass is 14.6. The van der Waals surface area contributed by atoms with E-state index in [4.69, 9.17) is 0 Å². The van der Waals surface area contributed by atoms with Gasteiger partial charge in [-0.05, 0) is 30.5 Å². The Morgan fingerprint density at radius 2 is 1.67 bits per heavy atom. The summed E-state index contributed by atoms with van der Waals surface area (Å²) in [7, 11) is 0. The number of rotatable bonds is 8. The lowest BCUT2D eigenvalue weighted by Gasteiger charge is -2.01. The Balaban J connectivity index is 1.93. The van der Waals surface area contributed by atoms with Gasteiger partial charge in [-0.25, -0.2) is 0 Å². The average molecular weight is 204 g/mol. The van der Waals surface area contributed by atoms with E-state index in [1.807, 2.05) is 12.4 Å². The van der Waals surface area contributed by atoms with E-state index >= 15 is 0 Å². The van der Waals surface area contributed by atoms with Crippen LogP contribution in [0.25, 0.3) is 0 Å². The normalized spacial score (nSPS) is 10.5. The zero-order valence-corrected chi connectivity index (χ0v) is 9.78. The molecule has 1 aromatic rings. The van der Waals surface area contributed by atoms with Crippen molar-refractivity contribution in [1.82, 2.24) is 4.98 Å². The second-order valence-electron chi connectivity index (χ2n) is 4.04. The van der Waals surface area contributed by atoms with E-state index in [0.717, 1.165) is 0 Å². The summed E-state index contributed by atoms with van der Waals surface area (Å²) in [4.78, 5) is 4.00. The van der Waals surface area contributed by atoms with Gasteiger partial charge in [0.2, 0.25) is 0 Å². The Kier molecular flexibility index (Phi) is 6.89. The maximum absolute atomic E-state index is 4.00. The summed E-state index contributed by atoms with van der Waals surface area (Å²) < 4.78 is 0. The molecule has 0 bridgehead atoms. The van der Waals surface area contributed by atoms with Crippen LogP contribution in [0.3, 0.4) is 0 Å². The van der Waals surface area contributed by atoms with Gasteiger partial charge in [0.05, 0.1) is 0 Å². The van der Waals surface area contributed by atoms with Gasteiger partial charge >= 0.3 is 0 Å². The SMILES string of the molecule is CCCCCCCC[CH]c1ccncc1. The minimum absolute atomic E-state index is 1.20. The highest BCUT2D eigenvalue weighted by Gasteiger charge is 1.93. The molecule has 0 aliphatic rings. The Bertz CT molecular complexity index is 230. The van der Waals surface area contributed by atoms with Crippen LogP contribution in [0.1, 0.15) is 57.4 Å². The van der Waals surface area contributed by atoms with Gasteiger partial charge in [-0.15, -0.1) is 0 Å². The second kappa shape index (κ2) is 8.46. The van der Waals surface area contributed by atoms with Crippen molar-refractivity contribution in [2.75, 3.05) is 0 Å². The Labute approximate surface area is 93.9 Å². The lowest BCUT2D eigenvalue weighted by Crippen LogP contribution is -1.84. The lowest BCUT2D eigenvalue weighted by atomic mass is 10.1. The summed E-state index contributed by atoms with van der Waals surface area (Å²) in [6.45, 7) is 2.26. The summed E-state index contributed by atoms with van der Waals surface area (Å²) in [6.07, 6.45) is 15.5. The maximum atomic E-state index is 4.00. The minimum atomic E-state index is 1.20. The van der Waals surface area contributed by atoms with Gasteiger partial charge in [0.15, 0.2) is 0 Å². The van der Waals surface area contributed by atoms with Crippen LogP contribution in [-0.2, 0) is 0 Å².